The fourth-order valence-corrected chi connectivity index (χ4v) is 3.03. The van der Waals surface area contributed by atoms with Crippen LogP contribution in [0.1, 0.15) is 17.5 Å². The Kier molecular flexibility index (Phi) is 1.83. The summed E-state index contributed by atoms with van der Waals surface area (Å²) in [5.41, 5.74) is 2.22. The number of amides is 1. The number of fused-ring (bicyclic) bond motifs is 2. The zero-order valence-electron chi connectivity index (χ0n) is 8.05. The topological polar surface area (TPSA) is 38.3 Å². The first-order valence-corrected chi connectivity index (χ1v) is 5.73. The smallest absolute Gasteiger partial charge is 0.408 e. The van der Waals surface area contributed by atoms with Gasteiger partial charge in [-0.15, -0.1) is 0 Å². The van der Waals surface area contributed by atoms with Crippen molar-refractivity contribution in [2.75, 3.05) is 6.61 Å². The fourth-order valence-electron chi connectivity index (χ4n) is 2.47. The van der Waals surface area contributed by atoms with Gasteiger partial charge in [-0.2, -0.15) is 0 Å². The number of alkyl carbamates (subject to hydrolysis) is 1. The minimum atomic E-state index is -0.303. The van der Waals surface area contributed by atoms with E-state index in [9.17, 15) is 4.79 Å². The summed E-state index contributed by atoms with van der Waals surface area (Å²) in [7, 11) is 0. The van der Waals surface area contributed by atoms with E-state index in [0.29, 0.717) is 6.61 Å². The van der Waals surface area contributed by atoms with Gasteiger partial charge in [-0.05, 0) is 30.0 Å². The van der Waals surface area contributed by atoms with E-state index in [4.69, 9.17) is 4.74 Å². The van der Waals surface area contributed by atoms with E-state index in [1.54, 1.807) is 0 Å². The van der Waals surface area contributed by atoms with Crippen LogP contribution in [0.2, 0.25) is 0 Å². The number of cyclic esters (lactones) is 1. The highest BCUT2D eigenvalue weighted by Crippen LogP contribution is 2.42. The highest BCUT2D eigenvalue weighted by molar-refractivity contribution is 9.10. The Labute approximate surface area is 95.9 Å². The molecule has 0 saturated carbocycles. The third-order valence-electron chi connectivity index (χ3n) is 3.23. The van der Waals surface area contributed by atoms with Gasteiger partial charge in [0.25, 0.3) is 0 Å². The van der Waals surface area contributed by atoms with Crippen LogP contribution in [0.15, 0.2) is 22.7 Å². The van der Waals surface area contributed by atoms with Gasteiger partial charge < -0.3 is 10.1 Å². The summed E-state index contributed by atoms with van der Waals surface area (Å²) < 4.78 is 6.15. The minimum absolute atomic E-state index is 0.268. The molecule has 1 heterocycles. The molecule has 3 nitrogen and oxygen atoms in total. The van der Waals surface area contributed by atoms with Crippen LogP contribution in [0.5, 0.6) is 0 Å². The average molecular weight is 268 g/mol. The van der Waals surface area contributed by atoms with E-state index in [-0.39, 0.29) is 11.6 Å². The van der Waals surface area contributed by atoms with Gasteiger partial charge in [0.1, 0.15) is 12.1 Å². The molecule has 1 aliphatic heterocycles. The van der Waals surface area contributed by atoms with Gasteiger partial charge in [-0.1, -0.05) is 28.1 Å². The van der Waals surface area contributed by atoms with E-state index < -0.39 is 0 Å². The molecule has 1 unspecified atom stereocenters. The van der Waals surface area contributed by atoms with Crippen molar-refractivity contribution in [2.24, 2.45) is 0 Å². The lowest BCUT2D eigenvalue weighted by atomic mass is 9.94. The quantitative estimate of drug-likeness (QED) is 0.784. The molecule has 1 aromatic rings. The molecule has 1 N–H and O–H groups in total. The molecule has 2 aliphatic rings. The van der Waals surface area contributed by atoms with Crippen LogP contribution in [-0.2, 0) is 16.7 Å². The van der Waals surface area contributed by atoms with Crippen molar-refractivity contribution >= 4 is 22.0 Å². The molecule has 1 aromatic carbocycles. The van der Waals surface area contributed by atoms with Crippen molar-refractivity contribution in [1.29, 1.82) is 0 Å². The van der Waals surface area contributed by atoms with Gasteiger partial charge >= 0.3 is 6.09 Å². The Hall–Kier alpha value is -1.03. The molecule has 1 amide bonds. The molecule has 1 saturated heterocycles. The third kappa shape index (κ3) is 1.21. The molecule has 0 aromatic heterocycles. The average Bonchev–Trinajstić information content (AvgIpc) is 2.75. The molecule has 4 heteroatoms. The summed E-state index contributed by atoms with van der Waals surface area (Å²) >= 11 is 3.54. The number of rotatable bonds is 0. The molecule has 15 heavy (non-hydrogen) atoms. The van der Waals surface area contributed by atoms with Crippen molar-refractivity contribution in [1.82, 2.24) is 5.32 Å². The highest BCUT2D eigenvalue weighted by Gasteiger charge is 2.46. The van der Waals surface area contributed by atoms with Crippen molar-refractivity contribution in [3.8, 4) is 0 Å². The standard InChI is InChI=1S/C11H10BrNO2/c12-9-3-1-2-8-7(9)4-5-11(8)6-15-10(14)13-11/h1-3H,4-6H2,(H,13,14). The maximum atomic E-state index is 11.2. The maximum Gasteiger partial charge on any atom is 0.408 e. The fraction of sp³-hybridized carbons (Fsp3) is 0.364. The molecule has 0 bridgehead atoms. The van der Waals surface area contributed by atoms with Crippen LogP contribution >= 0.6 is 15.9 Å². The first-order chi connectivity index (χ1) is 7.21. The third-order valence-corrected chi connectivity index (χ3v) is 3.97. The van der Waals surface area contributed by atoms with Crippen LogP contribution in [0.4, 0.5) is 4.79 Å². The van der Waals surface area contributed by atoms with Crippen molar-refractivity contribution in [2.45, 2.75) is 18.4 Å². The Morgan fingerprint density at radius 2 is 2.33 bits per heavy atom. The van der Waals surface area contributed by atoms with Crippen LogP contribution < -0.4 is 5.32 Å². The monoisotopic (exact) mass is 267 g/mol. The first kappa shape index (κ1) is 9.21. The van der Waals surface area contributed by atoms with Crippen LogP contribution in [0.3, 0.4) is 0 Å². The molecule has 78 valence electrons. The lowest BCUT2D eigenvalue weighted by Gasteiger charge is -2.21. The molecular formula is C11H10BrNO2. The van der Waals surface area contributed by atoms with E-state index in [1.807, 2.05) is 12.1 Å². The predicted molar refractivity (Wildman–Crippen MR) is 58.6 cm³/mol. The number of benzene rings is 1. The highest BCUT2D eigenvalue weighted by atomic mass is 79.9. The van der Waals surface area contributed by atoms with Gasteiger partial charge in [0.2, 0.25) is 0 Å². The Morgan fingerprint density at radius 1 is 1.47 bits per heavy atom. The van der Waals surface area contributed by atoms with Crippen LogP contribution in [0, 0.1) is 0 Å². The lowest BCUT2D eigenvalue weighted by molar-refractivity contribution is 0.172. The zero-order valence-corrected chi connectivity index (χ0v) is 9.63. The number of nitrogens with one attached hydrogen (secondary N) is 1. The second-order valence-electron chi connectivity index (χ2n) is 4.05. The van der Waals surface area contributed by atoms with E-state index in [1.165, 1.54) is 11.1 Å². The van der Waals surface area contributed by atoms with Gasteiger partial charge in [-0.3, -0.25) is 0 Å². The van der Waals surface area contributed by atoms with Gasteiger partial charge in [-0.25, -0.2) is 4.79 Å². The van der Waals surface area contributed by atoms with E-state index in [0.717, 1.165) is 17.3 Å². The normalized spacial score (nSPS) is 27.7. The second kappa shape index (κ2) is 2.98. The number of carbonyl (C=O) groups excluding carboxylic acids is 1. The van der Waals surface area contributed by atoms with Gasteiger partial charge in [0.15, 0.2) is 0 Å². The molecule has 1 atom stereocenters. The van der Waals surface area contributed by atoms with Crippen molar-refractivity contribution in [3.63, 3.8) is 0 Å². The van der Waals surface area contributed by atoms with E-state index >= 15 is 0 Å². The number of ether oxygens (including phenoxy) is 1. The molecule has 1 aliphatic carbocycles. The number of hydrogen-bond donors (Lipinski definition) is 1. The first-order valence-electron chi connectivity index (χ1n) is 4.94. The van der Waals surface area contributed by atoms with Gasteiger partial charge in [0, 0.05) is 4.47 Å². The molecule has 1 spiro atoms. The van der Waals surface area contributed by atoms with E-state index in [2.05, 4.69) is 27.3 Å². The van der Waals surface area contributed by atoms with Crippen molar-refractivity contribution < 1.29 is 9.53 Å². The van der Waals surface area contributed by atoms with Crippen molar-refractivity contribution in [3.05, 3.63) is 33.8 Å². The summed E-state index contributed by atoms with van der Waals surface area (Å²) in [6.07, 6.45) is 1.61. The molecule has 1 fully saturated rings. The lowest BCUT2D eigenvalue weighted by Crippen LogP contribution is -2.38. The summed E-state index contributed by atoms with van der Waals surface area (Å²) in [6.45, 7) is 0.454. The molecular weight excluding hydrogens is 258 g/mol. The maximum absolute atomic E-state index is 11.2. The number of carbonyl (C=O) groups is 1. The minimum Gasteiger partial charge on any atom is -0.447 e. The van der Waals surface area contributed by atoms with Crippen LogP contribution in [0.25, 0.3) is 0 Å². The second-order valence-corrected chi connectivity index (χ2v) is 4.90. The summed E-state index contributed by atoms with van der Waals surface area (Å²) in [5.74, 6) is 0. The molecule has 3 rings (SSSR count). The largest absolute Gasteiger partial charge is 0.447 e. The van der Waals surface area contributed by atoms with Crippen LogP contribution in [-0.4, -0.2) is 12.7 Å². The SMILES string of the molecule is O=C1NC2(CCc3c(Br)cccc32)CO1. The molecule has 0 radical (unpaired) electrons. The summed E-state index contributed by atoms with van der Waals surface area (Å²) in [4.78, 5) is 11.2. The van der Waals surface area contributed by atoms with Gasteiger partial charge in [0.05, 0.1) is 0 Å². The summed E-state index contributed by atoms with van der Waals surface area (Å²) in [6, 6.07) is 6.11. The Balaban J connectivity index is 2.12. The zero-order chi connectivity index (χ0) is 10.5. The Bertz CT molecular complexity index is 446. The Morgan fingerprint density at radius 3 is 3.07 bits per heavy atom. The summed E-state index contributed by atoms with van der Waals surface area (Å²) in [5, 5.41) is 2.93. The number of hydrogen-bond acceptors (Lipinski definition) is 2. The predicted octanol–water partition coefficient (Wildman–Crippen LogP) is 2.33. The number of halogens is 1.